The molecule has 0 saturated heterocycles. The number of ether oxygens (including phenoxy) is 2. The van der Waals surface area contributed by atoms with E-state index in [-0.39, 0.29) is 0 Å². The predicted molar refractivity (Wildman–Crippen MR) is 519 cm³/mol. The maximum absolute atomic E-state index is 6.66. The van der Waals surface area contributed by atoms with E-state index >= 15 is 0 Å². The van der Waals surface area contributed by atoms with Gasteiger partial charge in [0.25, 0.3) is 0 Å². The van der Waals surface area contributed by atoms with Gasteiger partial charge in [0.2, 0.25) is 0 Å². The molecule has 128 heavy (non-hydrogen) atoms. The van der Waals surface area contributed by atoms with E-state index in [1.165, 1.54) is 55.3 Å². The van der Waals surface area contributed by atoms with Gasteiger partial charge < -0.3 is 9.47 Å². The van der Waals surface area contributed by atoms with Crippen molar-refractivity contribution in [2.45, 2.75) is 10.8 Å². The third-order valence-corrected chi connectivity index (χ3v) is 26.3. The molecule has 0 saturated carbocycles. The van der Waals surface area contributed by atoms with Gasteiger partial charge in [-0.1, -0.05) is 370 Å². The third-order valence-electron chi connectivity index (χ3n) is 26.3. The Morgan fingerprint density at radius 3 is 0.844 bits per heavy atom. The van der Waals surface area contributed by atoms with Gasteiger partial charge in [-0.15, -0.1) is 0 Å². The highest BCUT2D eigenvalue weighted by Gasteiger charge is 2.53. The molecule has 26 rings (SSSR count). The summed E-state index contributed by atoms with van der Waals surface area (Å²) in [7, 11) is 0. The quantitative estimate of drug-likeness (QED) is 0.125. The Bertz CT molecular complexity index is 8030. The number of fused-ring (bicyclic) bond motifs is 24. The fourth-order valence-electron chi connectivity index (χ4n) is 20.5. The minimum atomic E-state index is -0.573. The number of hydrogen-bond acceptors (Lipinski definition) is 8. The van der Waals surface area contributed by atoms with Crippen LogP contribution in [0.15, 0.2) is 449 Å². The molecular formula is C120H74N6O2. The van der Waals surface area contributed by atoms with Crippen molar-refractivity contribution in [1.29, 1.82) is 0 Å². The molecule has 0 N–H and O–H groups in total. The van der Waals surface area contributed by atoms with Crippen LogP contribution in [0.5, 0.6) is 23.0 Å². The number of rotatable bonds is 10. The second kappa shape index (κ2) is 30.0. The van der Waals surface area contributed by atoms with Crippen molar-refractivity contribution in [1.82, 2.24) is 29.9 Å². The molecule has 8 nitrogen and oxygen atoms in total. The maximum Gasteiger partial charge on any atom is 0.160 e. The molecular weight excluding hydrogens is 1560 g/mol. The van der Waals surface area contributed by atoms with Crippen molar-refractivity contribution in [3.63, 3.8) is 0 Å². The lowest BCUT2D eigenvalue weighted by atomic mass is 9.66. The predicted octanol–water partition coefficient (Wildman–Crippen LogP) is 30.0. The highest BCUT2D eigenvalue weighted by Crippen LogP contribution is 2.65. The van der Waals surface area contributed by atoms with Gasteiger partial charge in [0, 0.05) is 88.3 Å². The summed E-state index contributed by atoms with van der Waals surface area (Å²) in [6.45, 7) is 0. The van der Waals surface area contributed by atoms with Crippen LogP contribution in [0.4, 0.5) is 0 Å². The molecule has 6 heterocycles. The Morgan fingerprint density at radius 2 is 0.445 bits per heavy atom. The van der Waals surface area contributed by atoms with Crippen LogP contribution < -0.4 is 9.47 Å². The summed E-state index contributed by atoms with van der Waals surface area (Å²) in [6.07, 6.45) is 0. The van der Waals surface area contributed by atoms with E-state index in [2.05, 4.69) is 376 Å². The lowest BCUT2D eigenvalue weighted by Gasteiger charge is -2.39. The van der Waals surface area contributed by atoms with Crippen molar-refractivity contribution in [2.24, 2.45) is 0 Å². The molecule has 2 aliphatic carbocycles. The topological polar surface area (TPSA) is 95.8 Å². The summed E-state index contributed by atoms with van der Waals surface area (Å²) in [4.78, 5) is 31.3. The smallest absolute Gasteiger partial charge is 0.160 e. The monoisotopic (exact) mass is 1630 g/mol. The van der Waals surface area contributed by atoms with Gasteiger partial charge >= 0.3 is 0 Å². The lowest BCUT2D eigenvalue weighted by Crippen LogP contribution is -2.32. The molecule has 18 aromatic carbocycles. The molecule has 2 aliphatic heterocycles. The molecule has 0 radical (unpaired) electrons. The fraction of sp³-hybridized carbons (Fsp3) is 0.0167. The largest absolute Gasteiger partial charge is 0.457 e. The third kappa shape index (κ3) is 11.9. The first-order valence-corrected chi connectivity index (χ1v) is 43.5. The minimum Gasteiger partial charge on any atom is -0.457 e. The maximum atomic E-state index is 6.66. The molecule has 0 fully saturated rings. The van der Waals surface area contributed by atoms with Gasteiger partial charge in [-0.05, 0) is 156 Å². The Balaban J connectivity index is 0.000000139. The number of hydrogen-bond donors (Lipinski definition) is 0. The summed E-state index contributed by atoms with van der Waals surface area (Å²) in [6, 6.07) is 159. The number of nitrogens with zero attached hydrogens (tertiary/aromatic N) is 6. The van der Waals surface area contributed by atoms with Crippen LogP contribution in [0.3, 0.4) is 0 Å². The van der Waals surface area contributed by atoms with E-state index in [1.807, 2.05) is 72.8 Å². The van der Waals surface area contributed by atoms with Crippen LogP contribution in [0.2, 0.25) is 0 Å². The zero-order valence-corrected chi connectivity index (χ0v) is 69.2. The van der Waals surface area contributed by atoms with E-state index in [1.54, 1.807) is 0 Å². The van der Waals surface area contributed by atoms with Crippen LogP contribution in [0.1, 0.15) is 44.5 Å². The lowest BCUT2D eigenvalue weighted by molar-refractivity contribution is 0.436. The first-order chi connectivity index (χ1) is 63.4. The summed E-state index contributed by atoms with van der Waals surface area (Å²) < 4.78 is 13.3. The summed E-state index contributed by atoms with van der Waals surface area (Å²) in [5.41, 5.74) is 33.4. The Hall–Kier alpha value is -16.9. The number of aromatic nitrogens is 6. The van der Waals surface area contributed by atoms with Crippen LogP contribution >= 0.6 is 0 Å². The van der Waals surface area contributed by atoms with Gasteiger partial charge in [-0.3, -0.25) is 0 Å². The van der Waals surface area contributed by atoms with Crippen molar-refractivity contribution in [3.05, 3.63) is 493 Å². The zero-order chi connectivity index (χ0) is 84.4. The second-order valence-corrected chi connectivity index (χ2v) is 33.3. The second-order valence-electron chi connectivity index (χ2n) is 33.3. The van der Waals surface area contributed by atoms with Crippen LogP contribution in [-0.2, 0) is 10.8 Å². The standard InChI is InChI=1S/2C60H37N3O/c1-4-17-38(18-5-1)53-37-54(63-59(62-53)40-21-8-3-9-22-40)43-24-16-23-41(33-43)42-31-32-45-46-36-52-47(35-48(46)58(61-55(45)34-42)39-19-6-2-7-20-39)44-25-10-11-26-49(44)60(52)50-27-12-14-29-56(50)64-57-30-15-13-28-51(57)60;1-4-16-39(17-5-1)53-37-54(63-59(62-53)42-20-8-3-9-21-42)40-30-28-38(29-31-40)43-32-33-45-46-36-52-47(35-48(46)58(61-55(45)34-43)41-18-6-2-7-19-41)44-22-10-11-23-49(44)60(52)50-24-12-14-26-56(50)64-57-27-15-13-25-51(57)60/h2*1-37H. The van der Waals surface area contributed by atoms with E-state index in [0.717, 1.165) is 179 Å². The number of pyridine rings is 2. The fourth-order valence-corrected chi connectivity index (χ4v) is 20.5. The van der Waals surface area contributed by atoms with Crippen LogP contribution in [0.25, 0.3) is 178 Å². The van der Waals surface area contributed by atoms with Gasteiger partial charge in [0.1, 0.15) is 23.0 Å². The molecule has 0 amide bonds. The van der Waals surface area contributed by atoms with Gasteiger partial charge in [0.05, 0.1) is 56.0 Å². The summed E-state index contributed by atoms with van der Waals surface area (Å²) in [5, 5.41) is 6.81. The van der Waals surface area contributed by atoms with Crippen molar-refractivity contribution in [2.75, 3.05) is 0 Å². The van der Waals surface area contributed by atoms with Crippen molar-refractivity contribution < 1.29 is 9.47 Å². The molecule has 0 atom stereocenters. The van der Waals surface area contributed by atoms with Crippen LogP contribution in [0, 0.1) is 0 Å². The molecule has 8 heteroatoms. The average molecular weight is 1630 g/mol. The normalized spacial score (nSPS) is 12.9. The van der Waals surface area contributed by atoms with Crippen molar-refractivity contribution in [3.8, 4) is 158 Å². The molecule has 0 bridgehead atoms. The number of para-hydroxylation sites is 4. The number of benzene rings is 18. The van der Waals surface area contributed by atoms with Crippen molar-refractivity contribution >= 4 is 43.4 Å². The van der Waals surface area contributed by atoms with E-state index in [0.29, 0.717) is 11.6 Å². The van der Waals surface area contributed by atoms with E-state index < -0.39 is 10.8 Å². The highest BCUT2D eigenvalue weighted by molar-refractivity contribution is 6.16. The summed E-state index contributed by atoms with van der Waals surface area (Å²) in [5.74, 6) is 4.94. The first kappa shape index (κ1) is 73.8. The van der Waals surface area contributed by atoms with Gasteiger partial charge in [-0.25, -0.2) is 29.9 Å². The minimum absolute atomic E-state index is 0.566. The van der Waals surface area contributed by atoms with Gasteiger partial charge in [-0.2, -0.15) is 0 Å². The Kier molecular flexibility index (Phi) is 17.3. The van der Waals surface area contributed by atoms with E-state index in [4.69, 9.17) is 39.4 Å². The molecule has 596 valence electrons. The summed E-state index contributed by atoms with van der Waals surface area (Å²) >= 11 is 0. The molecule has 2 spiro atoms. The van der Waals surface area contributed by atoms with E-state index in [9.17, 15) is 0 Å². The Labute approximate surface area is 739 Å². The average Bonchev–Trinajstić information content (AvgIpc) is 1.52. The molecule has 22 aromatic rings. The molecule has 4 aliphatic rings. The molecule has 4 aromatic heterocycles. The van der Waals surface area contributed by atoms with Gasteiger partial charge in [0.15, 0.2) is 11.6 Å². The van der Waals surface area contributed by atoms with Crippen LogP contribution in [-0.4, -0.2) is 29.9 Å². The molecule has 0 unspecified atom stereocenters. The SMILES string of the molecule is c1ccc(-c2cc(-c3ccc(-c4ccc5c(c4)nc(-c4ccccc4)c4cc6c(cc45)C4(c5ccccc5Oc5ccccc54)c4ccccc4-6)cc3)nc(-c3ccccc3)n2)cc1.c1ccc(-c2cc(-c3cccc(-c4ccc5c(c4)nc(-c4ccccc4)c4cc6c(cc45)C4(c5ccccc5Oc5ccccc54)c4ccccc4-6)c3)nc(-c3ccccc3)n2)cc1. The Morgan fingerprint density at radius 1 is 0.156 bits per heavy atom. The first-order valence-electron chi connectivity index (χ1n) is 43.5. The highest BCUT2D eigenvalue weighted by atomic mass is 16.5. The zero-order valence-electron chi connectivity index (χ0n) is 69.2.